The van der Waals surface area contributed by atoms with E-state index in [4.69, 9.17) is 0 Å². The zero-order valence-electron chi connectivity index (χ0n) is 11.1. The number of rotatable bonds is 2. The molecule has 1 aromatic heterocycles. The Hall–Kier alpha value is -1.73. The van der Waals surface area contributed by atoms with Gasteiger partial charge in [0.05, 0.1) is 11.1 Å². The highest BCUT2D eigenvalue weighted by atomic mass is 79.9. The van der Waals surface area contributed by atoms with Gasteiger partial charge in [-0.3, -0.25) is 9.59 Å². The third-order valence-electron chi connectivity index (χ3n) is 3.58. The summed E-state index contributed by atoms with van der Waals surface area (Å²) in [4.78, 5) is 28.9. The Bertz CT molecular complexity index is 722. The van der Waals surface area contributed by atoms with Gasteiger partial charge in [-0.1, -0.05) is 0 Å². The quantitative estimate of drug-likeness (QED) is 0.637. The van der Waals surface area contributed by atoms with Crippen molar-refractivity contribution in [1.29, 1.82) is 0 Å². The maximum Gasteiger partial charge on any atom is 0.295 e. The van der Waals surface area contributed by atoms with Crippen molar-refractivity contribution >= 4 is 38.5 Å². The number of halogens is 2. The van der Waals surface area contributed by atoms with Gasteiger partial charge in [0.15, 0.2) is 0 Å². The van der Waals surface area contributed by atoms with Gasteiger partial charge in [-0.05, 0) is 28.1 Å². The van der Waals surface area contributed by atoms with Gasteiger partial charge in [-0.2, -0.15) is 0 Å². The zero-order chi connectivity index (χ0) is 15.0. The molecule has 0 bridgehead atoms. The summed E-state index contributed by atoms with van der Waals surface area (Å²) >= 11 is 3.29. The van der Waals surface area contributed by atoms with E-state index >= 15 is 0 Å². The molecule has 1 aliphatic heterocycles. The number of nitrogens with one attached hydrogen (secondary N) is 2. The van der Waals surface area contributed by atoms with Crippen LogP contribution in [0.25, 0.3) is 10.9 Å². The van der Waals surface area contributed by atoms with Crippen molar-refractivity contribution < 1.29 is 14.0 Å². The highest BCUT2D eigenvalue weighted by molar-refractivity contribution is 9.10. The number of nitrogens with zero attached hydrogens (tertiary/aromatic N) is 1. The SMILES string of the molecule is O=C(C(=O)N1CCNCC1)c1c[nH]c2c(Br)ccc(F)c12. The Balaban J connectivity index is 1.98. The molecule has 2 heterocycles. The summed E-state index contributed by atoms with van der Waals surface area (Å²) in [6, 6.07) is 2.83. The zero-order valence-corrected chi connectivity index (χ0v) is 12.7. The first-order valence-corrected chi connectivity index (χ1v) is 7.38. The van der Waals surface area contributed by atoms with Crippen molar-refractivity contribution in [2.24, 2.45) is 0 Å². The fraction of sp³-hybridized carbons (Fsp3) is 0.286. The van der Waals surface area contributed by atoms with Crippen LogP contribution in [0.2, 0.25) is 0 Å². The summed E-state index contributed by atoms with van der Waals surface area (Å²) in [5.74, 6) is -1.79. The van der Waals surface area contributed by atoms with Crippen LogP contribution in [-0.4, -0.2) is 47.8 Å². The Morgan fingerprint density at radius 1 is 1.24 bits per heavy atom. The van der Waals surface area contributed by atoms with Crippen molar-refractivity contribution in [1.82, 2.24) is 15.2 Å². The predicted molar refractivity (Wildman–Crippen MR) is 79.7 cm³/mol. The molecule has 0 radical (unpaired) electrons. The number of piperazine rings is 1. The van der Waals surface area contributed by atoms with Crippen LogP contribution in [0.15, 0.2) is 22.8 Å². The maximum atomic E-state index is 14.0. The predicted octanol–water partition coefficient (Wildman–Crippen LogP) is 1.68. The van der Waals surface area contributed by atoms with Crippen LogP contribution in [-0.2, 0) is 4.79 Å². The lowest BCUT2D eigenvalue weighted by Gasteiger charge is -2.26. The second-order valence-corrected chi connectivity index (χ2v) is 5.71. The van der Waals surface area contributed by atoms with Crippen LogP contribution in [0.3, 0.4) is 0 Å². The van der Waals surface area contributed by atoms with E-state index in [0.29, 0.717) is 36.2 Å². The summed E-state index contributed by atoms with van der Waals surface area (Å²) in [6.07, 6.45) is 1.39. The molecule has 1 amide bonds. The first-order valence-electron chi connectivity index (χ1n) is 6.59. The number of carbonyl (C=O) groups is 2. The fourth-order valence-corrected chi connectivity index (χ4v) is 2.92. The highest BCUT2D eigenvalue weighted by Crippen LogP contribution is 2.28. The normalized spacial score (nSPS) is 15.4. The first kappa shape index (κ1) is 14.2. The van der Waals surface area contributed by atoms with Gasteiger partial charge in [-0.15, -0.1) is 0 Å². The van der Waals surface area contributed by atoms with E-state index in [1.54, 1.807) is 6.07 Å². The Labute approximate surface area is 128 Å². The molecule has 1 aromatic carbocycles. The minimum absolute atomic E-state index is 0.0762. The van der Waals surface area contributed by atoms with Crippen LogP contribution >= 0.6 is 15.9 Å². The lowest BCUT2D eigenvalue weighted by atomic mass is 10.1. The fourth-order valence-electron chi connectivity index (χ4n) is 2.48. The smallest absolute Gasteiger partial charge is 0.295 e. The number of aromatic amines is 1. The summed E-state index contributed by atoms with van der Waals surface area (Å²) in [5, 5.41) is 3.26. The van der Waals surface area contributed by atoms with Gasteiger partial charge in [0.2, 0.25) is 0 Å². The summed E-state index contributed by atoms with van der Waals surface area (Å²) < 4.78 is 14.6. The number of amides is 1. The Morgan fingerprint density at radius 3 is 2.67 bits per heavy atom. The molecule has 1 fully saturated rings. The molecule has 0 unspecified atom stereocenters. The van der Waals surface area contributed by atoms with Crippen molar-refractivity contribution in [3.63, 3.8) is 0 Å². The molecule has 0 spiro atoms. The van der Waals surface area contributed by atoms with Crippen molar-refractivity contribution in [2.45, 2.75) is 0 Å². The van der Waals surface area contributed by atoms with Crippen molar-refractivity contribution in [3.05, 3.63) is 34.2 Å². The Kier molecular flexibility index (Phi) is 3.77. The number of benzene rings is 1. The average Bonchev–Trinajstić information content (AvgIpc) is 2.96. The third kappa shape index (κ3) is 2.47. The van der Waals surface area contributed by atoms with Crippen molar-refractivity contribution in [3.8, 4) is 0 Å². The Morgan fingerprint density at radius 2 is 1.95 bits per heavy atom. The topological polar surface area (TPSA) is 65.2 Å². The van der Waals surface area contributed by atoms with Crippen LogP contribution in [0.1, 0.15) is 10.4 Å². The number of ketones is 1. The number of hydrogen-bond donors (Lipinski definition) is 2. The van der Waals surface area contributed by atoms with E-state index in [2.05, 4.69) is 26.2 Å². The molecular weight excluding hydrogens is 341 g/mol. The molecule has 5 nitrogen and oxygen atoms in total. The van der Waals surface area contributed by atoms with Crippen LogP contribution < -0.4 is 5.32 Å². The number of aromatic nitrogens is 1. The number of H-pyrrole nitrogens is 1. The molecule has 2 aromatic rings. The molecular formula is C14H13BrFN3O2. The van der Waals surface area contributed by atoms with Gasteiger partial charge >= 0.3 is 0 Å². The van der Waals surface area contributed by atoms with Crippen molar-refractivity contribution in [2.75, 3.05) is 26.2 Å². The average molecular weight is 354 g/mol. The molecule has 0 saturated carbocycles. The standard InChI is InChI=1S/C14H13BrFN3O2/c15-9-1-2-10(16)11-8(7-18-12(9)11)13(20)14(21)19-5-3-17-4-6-19/h1-2,7,17-18H,3-6H2. The van der Waals surface area contributed by atoms with E-state index in [-0.39, 0.29) is 10.9 Å². The molecule has 7 heteroatoms. The van der Waals surface area contributed by atoms with E-state index < -0.39 is 17.5 Å². The van der Waals surface area contributed by atoms with Gasteiger partial charge in [-0.25, -0.2) is 4.39 Å². The van der Waals surface area contributed by atoms with Crippen LogP contribution in [0.4, 0.5) is 4.39 Å². The minimum Gasteiger partial charge on any atom is -0.359 e. The second kappa shape index (κ2) is 5.57. The maximum absolute atomic E-state index is 14.0. The second-order valence-electron chi connectivity index (χ2n) is 4.85. The van der Waals surface area contributed by atoms with E-state index in [1.807, 2.05) is 0 Å². The van der Waals surface area contributed by atoms with Crippen LogP contribution in [0, 0.1) is 5.82 Å². The molecule has 21 heavy (non-hydrogen) atoms. The van der Waals surface area contributed by atoms with E-state index in [9.17, 15) is 14.0 Å². The van der Waals surface area contributed by atoms with Gasteiger partial charge in [0.25, 0.3) is 11.7 Å². The molecule has 2 N–H and O–H groups in total. The van der Waals surface area contributed by atoms with Gasteiger partial charge < -0.3 is 15.2 Å². The summed E-state index contributed by atoms with van der Waals surface area (Å²) in [7, 11) is 0. The van der Waals surface area contributed by atoms with Crippen LogP contribution in [0.5, 0.6) is 0 Å². The van der Waals surface area contributed by atoms with E-state index in [0.717, 1.165) is 0 Å². The first-order chi connectivity index (χ1) is 10.1. The summed E-state index contributed by atoms with van der Waals surface area (Å²) in [5.41, 5.74) is 0.554. The number of fused-ring (bicyclic) bond motifs is 1. The largest absolute Gasteiger partial charge is 0.359 e. The molecule has 1 aliphatic rings. The molecule has 0 aliphatic carbocycles. The molecule has 1 saturated heterocycles. The van der Waals surface area contributed by atoms with Gasteiger partial charge in [0, 0.05) is 42.2 Å². The van der Waals surface area contributed by atoms with E-state index in [1.165, 1.54) is 17.2 Å². The highest BCUT2D eigenvalue weighted by Gasteiger charge is 2.27. The molecule has 0 atom stereocenters. The number of Topliss-reactive ketones (excluding diaryl/α,β-unsaturated/α-hetero) is 1. The number of hydrogen-bond acceptors (Lipinski definition) is 3. The monoisotopic (exact) mass is 353 g/mol. The minimum atomic E-state index is -0.680. The summed E-state index contributed by atoms with van der Waals surface area (Å²) in [6.45, 7) is 2.29. The molecule has 110 valence electrons. The third-order valence-corrected chi connectivity index (χ3v) is 4.24. The molecule has 3 rings (SSSR count). The lowest BCUT2D eigenvalue weighted by molar-refractivity contribution is -0.126. The number of carbonyl (C=O) groups excluding carboxylic acids is 2. The van der Waals surface area contributed by atoms with Gasteiger partial charge in [0.1, 0.15) is 5.82 Å². The lowest BCUT2D eigenvalue weighted by Crippen LogP contribution is -2.48.